The average Bonchev–Trinajstić information content (AvgIpc) is 1.80. The van der Waals surface area contributed by atoms with E-state index in [0.29, 0.717) is 43.2 Å². The third-order valence-corrected chi connectivity index (χ3v) is 12.3. The molecule has 6 saturated heterocycles. The smallest absolute Gasteiger partial charge is 0.433 e. The fraction of sp³-hybridized carbons (Fsp3) is 0.739. The van der Waals surface area contributed by atoms with Crippen LogP contribution in [0.25, 0.3) is 0 Å². The standard InChI is InChI=1S/C12H19NO4.C11H17NO4.C10H15NO4.C9H13NO4.C8H11NO4.C7H9NO5.12CH4/c1-2-3-4-5-6-7-12(16)17-13-10(14)8-9-11(13)15;1-2-3-4-5-6-11(15)16-12-9(13)7-8-10(12)14;1-2-3-4-5-10(14)15-11-8(12)6-7-9(11)13;1-2-3-4-9(13)14-10-7(11)5-6-8(10)12;1-2-3-8(12)13-9-6(10)4-5-7(9)11;1-2-12-7(11)13-8-5(9)3-4-6(8)10;;;;;;;;;;;;/h2-9H2,1H3;2-8H2,1H3;2-7H2,1H3;2-6H2,1H3;2-5H2,1H3;2-4H2,1H3;12*1H4. The van der Waals surface area contributed by atoms with E-state index in [1.807, 2.05) is 20.8 Å². The molecule has 31 heteroatoms. The minimum absolute atomic E-state index is 0. The first-order chi connectivity index (χ1) is 41.9. The monoisotopic (exact) mass is 1440 g/mol. The van der Waals surface area contributed by atoms with Crippen molar-refractivity contribution in [3.63, 3.8) is 0 Å². The van der Waals surface area contributed by atoms with Gasteiger partial charge in [0.05, 0.1) is 6.61 Å². The molecule has 0 bridgehead atoms. The third-order valence-electron chi connectivity index (χ3n) is 12.3. The quantitative estimate of drug-likeness (QED) is 0.0419. The first-order valence-corrected chi connectivity index (χ1v) is 29.9. The maximum atomic E-state index is 11.4. The van der Waals surface area contributed by atoms with Crippen LogP contribution in [0.1, 0.15) is 336 Å². The van der Waals surface area contributed by atoms with Crippen LogP contribution in [0.3, 0.4) is 0 Å². The van der Waals surface area contributed by atoms with Crippen molar-refractivity contribution in [3.8, 4) is 0 Å². The molecule has 588 valence electrons. The molecule has 0 aromatic rings. The third kappa shape index (κ3) is 47.5. The first-order valence-electron chi connectivity index (χ1n) is 29.9. The van der Waals surface area contributed by atoms with Gasteiger partial charge in [-0.3, -0.25) is 62.4 Å². The van der Waals surface area contributed by atoms with Gasteiger partial charge in [-0.05, 0) is 39.0 Å². The van der Waals surface area contributed by atoms with E-state index >= 15 is 0 Å². The number of carbonyl (C=O) groups is 18. The van der Waals surface area contributed by atoms with E-state index in [1.54, 1.807) is 6.92 Å². The molecule has 0 radical (unpaired) electrons. The Bertz CT molecular complexity index is 2340. The largest absolute Gasteiger partial charge is 0.533 e. The Morgan fingerprint density at radius 3 is 0.610 bits per heavy atom. The molecule has 0 aromatic carbocycles. The number of nitrogens with zero attached hydrogens (tertiary/aromatic N) is 6. The molecule has 0 aliphatic carbocycles. The molecule has 6 aliphatic rings. The van der Waals surface area contributed by atoms with E-state index in [9.17, 15) is 86.3 Å². The predicted molar refractivity (Wildman–Crippen MR) is 377 cm³/mol. The Morgan fingerprint density at radius 2 is 0.400 bits per heavy atom. The van der Waals surface area contributed by atoms with E-state index in [1.165, 1.54) is 0 Å². The highest BCUT2D eigenvalue weighted by atomic mass is 16.8. The van der Waals surface area contributed by atoms with Crippen LogP contribution in [0.15, 0.2) is 0 Å². The molecule has 0 saturated carbocycles. The zero-order valence-corrected chi connectivity index (χ0v) is 51.2. The van der Waals surface area contributed by atoms with Crippen LogP contribution in [-0.2, 0) is 115 Å². The lowest BCUT2D eigenvalue weighted by Gasteiger charge is -2.12. The lowest BCUT2D eigenvalue weighted by molar-refractivity contribution is -0.197. The molecule has 31 nitrogen and oxygen atoms in total. The van der Waals surface area contributed by atoms with Crippen molar-refractivity contribution in [2.45, 2.75) is 336 Å². The fourth-order valence-corrected chi connectivity index (χ4v) is 7.52. The zero-order chi connectivity index (χ0) is 66.1. The predicted octanol–water partition coefficient (Wildman–Crippen LogP) is 13.7. The van der Waals surface area contributed by atoms with Crippen LogP contribution in [0.2, 0.25) is 0 Å². The highest BCUT2D eigenvalue weighted by Crippen LogP contribution is 2.19. The molecule has 0 N–H and O–H groups in total. The number of hydrogen-bond acceptors (Lipinski definition) is 25. The molecule has 0 unspecified atom stereocenters. The number of amides is 12. The molecule has 12 amide bonds. The van der Waals surface area contributed by atoms with E-state index in [2.05, 4.69) is 37.9 Å². The summed E-state index contributed by atoms with van der Waals surface area (Å²) < 4.78 is 4.39. The van der Waals surface area contributed by atoms with Crippen LogP contribution >= 0.6 is 0 Å². The molecule has 100 heavy (non-hydrogen) atoms. The van der Waals surface area contributed by atoms with Gasteiger partial charge in [0.15, 0.2) is 0 Å². The first kappa shape index (κ1) is 119. The van der Waals surface area contributed by atoms with Crippen molar-refractivity contribution >= 4 is 107 Å². The lowest BCUT2D eigenvalue weighted by atomic mass is 10.1. The second kappa shape index (κ2) is 67.6. The Hall–Kier alpha value is -8.54. The van der Waals surface area contributed by atoms with Gasteiger partial charge in [-0.25, -0.2) is 28.8 Å². The molecule has 0 spiro atoms. The molecule has 6 fully saturated rings. The number of unbranched alkanes of at least 4 members (excludes halogenated alkanes) is 10. The van der Waals surface area contributed by atoms with Crippen molar-refractivity contribution in [1.82, 2.24) is 30.4 Å². The van der Waals surface area contributed by atoms with E-state index in [-0.39, 0.29) is 205 Å². The van der Waals surface area contributed by atoms with Crippen molar-refractivity contribution in [2.24, 2.45) is 0 Å². The van der Waals surface area contributed by atoms with Gasteiger partial charge in [0.2, 0.25) is 0 Å². The van der Waals surface area contributed by atoms with Crippen LogP contribution in [0.4, 0.5) is 4.79 Å². The highest BCUT2D eigenvalue weighted by molar-refractivity contribution is 6.04. The SMILES string of the molecule is C.C.C.C.C.C.C.C.C.C.C.C.CCCC(=O)ON1C(=O)CCC1=O.CCCCC(=O)ON1C(=O)CCC1=O.CCCCCC(=O)ON1C(=O)CCC1=O.CCCCCCC(=O)ON1C(=O)CCC1=O.CCCCCCCC(=O)ON1C(=O)CCC1=O.CCOC(=O)ON1C(=O)CCC1=O. The normalized spacial score (nSPS) is 14.1. The highest BCUT2D eigenvalue weighted by Gasteiger charge is 2.37. The molecule has 6 aliphatic heterocycles. The summed E-state index contributed by atoms with van der Waals surface area (Å²) in [7, 11) is 0. The van der Waals surface area contributed by atoms with Crippen LogP contribution in [0.5, 0.6) is 0 Å². The van der Waals surface area contributed by atoms with Gasteiger partial charge in [0.1, 0.15) is 0 Å². The van der Waals surface area contributed by atoms with Gasteiger partial charge in [-0.15, -0.1) is 25.3 Å². The van der Waals surface area contributed by atoms with Crippen LogP contribution in [-0.4, -0.2) is 144 Å². The minimum Gasteiger partial charge on any atom is -0.433 e. The molecule has 6 rings (SSSR count). The maximum absolute atomic E-state index is 11.4. The maximum Gasteiger partial charge on any atom is 0.533 e. The second-order valence-electron chi connectivity index (χ2n) is 19.9. The van der Waals surface area contributed by atoms with Gasteiger partial charge in [-0.1, -0.05) is 193 Å². The van der Waals surface area contributed by atoms with E-state index in [0.717, 1.165) is 83.5 Å². The van der Waals surface area contributed by atoms with Gasteiger partial charge in [-0.2, -0.15) is 0 Å². The van der Waals surface area contributed by atoms with Crippen molar-refractivity contribution in [1.29, 1.82) is 0 Å². The lowest BCUT2D eigenvalue weighted by Crippen LogP contribution is -2.32. The zero-order valence-electron chi connectivity index (χ0n) is 51.2. The molecule has 0 atom stereocenters. The number of imide groups is 6. The summed E-state index contributed by atoms with van der Waals surface area (Å²) >= 11 is 0. The number of carbonyl (C=O) groups excluding carboxylic acids is 18. The van der Waals surface area contributed by atoms with Gasteiger partial charge in [0, 0.05) is 109 Å². The van der Waals surface area contributed by atoms with Crippen molar-refractivity contribution in [2.75, 3.05) is 6.61 Å². The van der Waals surface area contributed by atoms with Gasteiger partial charge >= 0.3 is 36.0 Å². The molecule has 6 heterocycles. The summed E-state index contributed by atoms with van der Waals surface area (Å²) in [5, 5.41) is 3.39. The van der Waals surface area contributed by atoms with Gasteiger partial charge in [0.25, 0.3) is 70.9 Å². The summed E-state index contributed by atoms with van der Waals surface area (Å²) in [5.41, 5.74) is 0. The summed E-state index contributed by atoms with van der Waals surface area (Å²) in [6.45, 7) is 11.7. The summed E-state index contributed by atoms with van der Waals surface area (Å²) in [6.07, 6.45) is 15.7. The number of hydroxylamine groups is 12. The van der Waals surface area contributed by atoms with Crippen molar-refractivity contribution in [3.05, 3.63) is 0 Å². The minimum atomic E-state index is -1.04. The van der Waals surface area contributed by atoms with E-state index in [4.69, 9.17) is 9.68 Å². The Morgan fingerprint density at radius 1 is 0.230 bits per heavy atom. The summed E-state index contributed by atoms with van der Waals surface area (Å²) in [6, 6.07) is 0. The van der Waals surface area contributed by atoms with Crippen LogP contribution < -0.4 is 0 Å². The number of hydrogen-bond donors (Lipinski definition) is 0. The van der Waals surface area contributed by atoms with Gasteiger partial charge < -0.3 is 28.9 Å². The Labute approximate surface area is 598 Å². The number of ether oxygens (including phenoxy) is 1. The van der Waals surface area contributed by atoms with Crippen LogP contribution in [0, 0.1) is 0 Å². The topological polar surface area (TPSA) is 391 Å². The second-order valence-corrected chi connectivity index (χ2v) is 19.9. The number of rotatable bonds is 27. The summed E-state index contributed by atoms with van der Waals surface area (Å²) in [5.74, 6) is -7.87. The average molecular weight is 1450 g/mol. The molecular weight excluding hydrogens is 1310 g/mol. The fourth-order valence-electron chi connectivity index (χ4n) is 7.52. The Balaban J connectivity index is -0.0000000909. The summed E-state index contributed by atoms with van der Waals surface area (Å²) in [4.78, 5) is 227. The molecular formula is C69H132N6O25. The molecule has 0 aromatic heterocycles. The van der Waals surface area contributed by atoms with E-state index < -0.39 is 107 Å². The van der Waals surface area contributed by atoms with Crippen molar-refractivity contribution < 1.29 is 120 Å². The Kier molecular flexibility index (Phi) is 80.2.